The second-order valence-corrected chi connectivity index (χ2v) is 7.60. The van der Waals surface area contributed by atoms with E-state index in [9.17, 15) is 14.4 Å². The van der Waals surface area contributed by atoms with E-state index in [0.717, 1.165) is 16.8 Å². The Morgan fingerprint density at radius 2 is 2.14 bits per heavy atom. The van der Waals surface area contributed by atoms with Gasteiger partial charge >= 0.3 is 5.97 Å². The Hall–Kier alpha value is -2.74. The van der Waals surface area contributed by atoms with Crippen molar-refractivity contribution in [2.24, 2.45) is 5.92 Å². The van der Waals surface area contributed by atoms with Crippen molar-refractivity contribution in [1.82, 2.24) is 4.98 Å². The summed E-state index contributed by atoms with van der Waals surface area (Å²) in [5.74, 6) is -1.09. The van der Waals surface area contributed by atoms with Gasteiger partial charge in [-0.2, -0.15) is 0 Å². The molecule has 7 nitrogen and oxygen atoms in total. The van der Waals surface area contributed by atoms with Crippen LogP contribution in [0, 0.1) is 19.8 Å². The number of hydrogen-bond acceptors (Lipinski definition) is 6. The first-order valence-corrected chi connectivity index (χ1v) is 10.0. The molecule has 1 fully saturated rings. The molecule has 28 heavy (non-hydrogen) atoms. The molecule has 1 N–H and O–H groups in total. The Balaban J connectivity index is 1.63. The number of esters is 1. The topological polar surface area (TPSA) is 88.6 Å². The number of anilines is 2. The van der Waals surface area contributed by atoms with Crippen LogP contribution in [0.25, 0.3) is 0 Å². The van der Waals surface area contributed by atoms with Gasteiger partial charge < -0.3 is 15.0 Å². The SMILES string of the molecule is CCOC(=O)Cc1csc(NC(=O)C2CC(=O)N(c3cccc(C)c3C)C2)n1. The Morgan fingerprint density at radius 3 is 2.89 bits per heavy atom. The van der Waals surface area contributed by atoms with Crippen molar-refractivity contribution in [2.75, 3.05) is 23.4 Å². The fourth-order valence-electron chi connectivity index (χ4n) is 3.16. The molecule has 0 bridgehead atoms. The Labute approximate surface area is 167 Å². The third-order valence-electron chi connectivity index (χ3n) is 4.78. The minimum Gasteiger partial charge on any atom is -0.466 e. The Kier molecular flexibility index (Phi) is 6.08. The summed E-state index contributed by atoms with van der Waals surface area (Å²) < 4.78 is 4.90. The molecule has 1 aliphatic heterocycles. The molecule has 2 amide bonds. The first-order valence-electron chi connectivity index (χ1n) is 9.16. The number of rotatable bonds is 6. The number of ether oxygens (including phenoxy) is 1. The number of benzene rings is 1. The van der Waals surface area contributed by atoms with Gasteiger partial charge in [-0.15, -0.1) is 11.3 Å². The first-order chi connectivity index (χ1) is 13.4. The molecule has 1 atom stereocenters. The van der Waals surface area contributed by atoms with E-state index in [1.807, 2.05) is 32.0 Å². The van der Waals surface area contributed by atoms with Gasteiger partial charge in [0.15, 0.2) is 5.13 Å². The highest BCUT2D eigenvalue weighted by Gasteiger charge is 2.36. The van der Waals surface area contributed by atoms with Crippen LogP contribution in [0.1, 0.15) is 30.2 Å². The average molecular weight is 401 g/mol. The van der Waals surface area contributed by atoms with Gasteiger partial charge in [0.05, 0.1) is 24.6 Å². The summed E-state index contributed by atoms with van der Waals surface area (Å²) in [6, 6.07) is 5.82. The van der Waals surface area contributed by atoms with Crippen LogP contribution in [0.2, 0.25) is 0 Å². The fraction of sp³-hybridized carbons (Fsp3) is 0.400. The van der Waals surface area contributed by atoms with Crippen molar-refractivity contribution >= 4 is 39.9 Å². The maximum absolute atomic E-state index is 12.6. The van der Waals surface area contributed by atoms with Crippen molar-refractivity contribution in [1.29, 1.82) is 0 Å². The summed E-state index contributed by atoms with van der Waals surface area (Å²) in [7, 11) is 0. The van der Waals surface area contributed by atoms with Crippen LogP contribution in [0.15, 0.2) is 23.6 Å². The molecule has 1 saturated heterocycles. The van der Waals surface area contributed by atoms with Gasteiger partial charge in [-0.05, 0) is 38.0 Å². The zero-order chi connectivity index (χ0) is 20.3. The first kappa shape index (κ1) is 20.0. The molecule has 0 saturated carbocycles. The molecule has 148 valence electrons. The standard InChI is InChI=1S/C20H23N3O4S/c1-4-27-18(25)9-15-11-28-20(21-15)22-19(26)14-8-17(24)23(10-14)16-7-5-6-12(2)13(16)3/h5-7,11,14H,4,8-10H2,1-3H3,(H,21,22,26). The predicted molar refractivity (Wildman–Crippen MR) is 107 cm³/mol. The van der Waals surface area contributed by atoms with Crippen LogP contribution in [0.3, 0.4) is 0 Å². The Bertz CT molecular complexity index is 909. The van der Waals surface area contributed by atoms with Crippen LogP contribution < -0.4 is 10.2 Å². The van der Waals surface area contributed by atoms with Crippen molar-refractivity contribution in [3.8, 4) is 0 Å². The minimum atomic E-state index is -0.440. The van der Waals surface area contributed by atoms with E-state index in [2.05, 4.69) is 10.3 Å². The smallest absolute Gasteiger partial charge is 0.311 e. The normalized spacial score (nSPS) is 16.3. The summed E-state index contributed by atoms with van der Waals surface area (Å²) in [6.07, 6.45) is 0.239. The van der Waals surface area contributed by atoms with Gasteiger partial charge in [-0.1, -0.05) is 12.1 Å². The second-order valence-electron chi connectivity index (χ2n) is 6.74. The zero-order valence-corrected chi connectivity index (χ0v) is 17.0. The van der Waals surface area contributed by atoms with E-state index in [4.69, 9.17) is 4.74 Å². The molecule has 0 aliphatic carbocycles. The second kappa shape index (κ2) is 8.52. The average Bonchev–Trinajstić information content (AvgIpc) is 3.24. The number of aryl methyl sites for hydroxylation is 1. The van der Waals surface area contributed by atoms with Crippen LogP contribution in [-0.2, 0) is 25.5 Å². The van der Waals surface area contributed by atoms with Crippen molar-refractivity contribution in [2.45, 2.75) is 33.6 Å². The van der Waals surface area contributed by atoms with Crippen LogP contribution in [0.4, 0.5) is 10.8 Å². The molecular weight excluding hydrogens is 378 g/mol. The van der Waals surface area contributed by atoms with E-state index in [0.29, 0.717) is 24.0 Å². The lowest BCUT2D eigenvalue weighted by Gasteiger charge is -2.20. The number of carbonyl (C=O) groups excluding carboxylic acids is 3. The molecule has 2 heterocycles. The summed E-state index contributed by atoms with van der Waals surface area (Å²) in [6.45, 7) is 6.39. The highest BCUT2D eigenvalue weighted by molar-refractivity contribution is 7.13. The molecule has 2 aromatic rings. The quantitative estimate of drug-likeness (QED) is 0.752. The zero-order valence-electron chi connectivity index (χ0n) is 16.2. The number of nitrogens with one attached hydrogen (secondary N) is 1. The largest absolute Gasteiger partial charge is 0.466 e. The number of amides is 2. The predicted octanol–water partition coefficient (Wildman–Crippen LogP) is 2.86. The molecule has 1 aromatic carbocycles. The maximum atomic E-state index is 12.6. The monoisotopic (exact) mass is 401 g/mol. The van der Waals surface area contributed by atoms with Gasteiger partial charge in [0.2, 0.25) is 11.8 Å². The minimum absolute atomic E-state index is 0.0593. The maximum Gasteiger partial charge on any atom is 0.311 e. The fourth-order valence-corrected chi connectivity index (χ4v) is 3.87. The molecule has 0 spiro atoms. The highest BCUT2D eigenvalue weighted by Crippen LogP contribution is 2.30. The number of nitrogens with zero attached hydrogens (tertiary/aromatic N) is 2. The van der Waals surface area contributed by atoms with E-state index < -0.39 is 5.92 Å². The molecule has 8 heteroatoms. The van der Waals surface area contributed by atoms with Gasteiger partial charge in [-0.3, -0.25) is 14.4 Å². The summed E-state index contributed by atoms with van der Waals surface area (Å²) in [5.41, 5.74) is 3.56. The highest BCUT2D eigenvalue weighted by atomic mass is 32.1. The Morgan fingerprint density at radius 1 is 1.36 bits per heavy atom. The van der Waals surface area contributed by atoms with Gasteiger partial charge in [0.25, 0.3) is 0 Å². The van der Waals surface area contributed by atoms with E-state index in [-0.39, 0.29) is 30.6 Å². The van der Waals surface area contributed by atoms with Crippen LogP contribution >= 0.6 is 11.3 Å². The van der Waals surface area contributed by atoms with Gasteiger partial charge in [0, 0.05) is 24.0 Å². The van der Waals surface area contributed by atoms with E-state index in [1.54, 1.807) is 17.2 Å². The van der Waals surface area contributed by atoms with Crippen molar-refractivity contribution in [3.63, 3.8) is 0 Å². The molecule has 1 aliphatic rings. The summed E-state index contributed by atoms with van der Waals surface area (Å²) >= 11 is 1.25. The van der Waals surface area contributed by atoms with Gasteiger partial charge in [-0.25, -0.2) is 4.98 Å². The lowest BCUT2D eigenvalue weighted by Crippen LogP contribution is -2.28. The lowest BCUT2D eigenvalue weighted by atomic mass is 10.1. The number of thiazole rings is 1. The number of aromatic nitrogens is 1. The van der Waals surface area contributed by atoms with Gasteiger partial charge in [0.1, 0.15) is 0 Å². The van der Waals surface area contributed by atoms with Crippen molar-refractivity contribution < 1.29 is 19.1 Å². The van der Waals surface area contributed by atoms with Crippen molar-refractivity contribution in [3.05, 3.63) is 40.4 Å². The number of carbonyl (C=O) groups is 3. The lowest BCUT2D eigenvalue weighted by molar-refractivity contribution is -0.142. The summed E-state index contributed by atoms with van der Waals surface area (Å²) in [4.78, 5) is 42.5. The molecule has 1 unspecified atom stereocenters. The van der Waals surface area contributed by atoms with E-state index in [1.165, 1.54) is 11.3 Å². The van der Waals surface area contributed by atoms with Crippen LogP contribution in [0.5, 0.6) is 0 Å². The molecule has 0 radical (unpaired) electrons. The molecule has 1 aromatic heterocycles. The third-order valence-corrected chi connectivity index (χ3v) is 5.58. The van der Waals surface area contributed by atoms with E-state index >= 15 is 0 Å². The van der Waals surface area contributed by atoms with Crippen LogP contribution in [-0.4, -0.2) is 35.9 Å². The molecular formula is C20H23N3O4S. The third kappa shape index (κ3) is 4.39. The molecule has 3 rings (SSSR count). The summed E-state index contributed by atoms with van der Waals surface area (Å²) in [5, 5.41) is 4.90. The number of hydrogen-bond donors (Lipinski definition) is 1.